The minimum absolute atomic E-state index is 0.174. The van der Waals surface area contributed by atoms with E-state index in [-0.39, 0.29) is 5.41 Å². The van der Waals surface area contributed by atoms with Crippen molar-refractivity contribution in [1.82, 2.24) is 0 Å². The Balaban J connectivity index is 1.41. The van der Waals surface area contributed by atoms with Gasteiger partial charge in [0.1, 0.15) is 5.78 Å². The summed E-state index contributed by atoms with van der Waals surface area (Å²) in [6.07, 6.45) is 15.9. The molecule has 5 aliphatic carbocycles. The quantitative estimate of drug-likeness (QED) is 0.713. The maximum atomic E-state index is 12.9. The predicted octanol–water partition coefficient (Wildman–Crippen LogP) is 4.74. The maximum absolute atomic E-state index is 12.9. The monoisotopic (exact) mass is 260 g/mol. The first-order chi connectivity index (χ1) is 9.23. The van der Waals surface area contributed by atoms with Crippen molar-refractivity contribution in [3.8, 4) is 0 Å². The van der Waals surface area contributed by atoms with Gasteiger partial charge in [0.25, 0.3) is 0 Å². The summed E-state index contributed by atoms with van der Waals surface area (Å²) in [4.78, 5) is 12.9. The second-order valence-corrected chi connectivity index (χ2v) is 8.31. The summed E-state index contributed by atoms with van der Waals surface area (Å²) >= 11 is 0. The molecular weight excluding hydrogens is 232 g/mol. The summed E-state index contributed by atoms with van der Waals surface area (Å²) in [6, 6.07) is 0. The van der Waals surface area contributed by atoms with Crippen molar-refractivity contribution in [2.24, 2.45) is 29.1 Å². The van der Waals surface area contributed by atoms with Gasteiger partial charge in [0.05, 0.1) is 0 Å². The van der Waals surface area contributed by atoms with Crippen molar-refractivity contribution in [3.63, 3.8) is 0 Å². The first kappa shape index (κ1) is 12.4. The Labute approximate surface area is 117 Å². The average Bonchev–Trinajstić information content (AvgIpc) is 2.87. The zero-order valence-electron chi connectivity index (χ0n) is 12.2. The number of carbonyl (C=O) groups excluding carboxylic acids is 1. The van der Waals surface area contributed by atoms with Gasteiger partial charge in [-0.25, -0.2) is 0 Å². The van der Waals surface area contributed by atoms with Crippen molar-refractivity contribution >= 4 is 5.78 Å². The highest BCUT2D eigenvalue weighted by molar-refractivity contribution is 5.85. The minimum Gasteiger partial charge on any atom is -0.299 e. The summed E-state index contributed by atoms with van der Waals surface area (Å²) in [6.45, 7) is 0. The lowest BCUT2D eigenvalue weighted by Crippen LogP contribution is -2.50. The van der Waals surface area contributed by atoms with Crippen LogP contribution in [0.4, 0.5) is 0 Å². The molecule has 0 heterocycles. The van der Waals surface area contributed by atoms with Gasteiger partial charge >= 0.3 is 0 Å². The average molecular weight is 260 g/mol. The van der Waals surface area contributed by atoms with Crippen LogP contribution in [0.1, 0.15) is 77.0 Å². The van der Waals surface area contributed by atoms with E-state index in [4.69, 9.17) is 0 Å². The van der Waals surface area contributed by atoms with Crippen molar-refractivity contribution in [1.29, 1.82) is 0 Å². The van der Waals surface area contributed by atoms with Crippen molar-refractivity contribution in [2.45, 2.75) is 77.0 Å². The molecule has 106 valence electrons. The Hall–Kier alpha value is -0.330. The van der Waals surface area contributed by atoms with Crippen molar-refractivity contribution in [2.75, 3.05) is 0 Å². The van der Waals surface area contributed by atoms with E-state index in [2.05, 4.69) is 0 Å². The molecule has 5 fully saturated rings. The lowest BCUT2D eigenvalue weighted by molar-refractivity contribution is -0.144. The van der Waals surface area contributed by atoms with E-state index >= 15 is 0 Å². The Kier molecular flexibility index (Phi) is 3.01. The molecule has 1 heteroatoms. The highest BCUT2D eigenvalue weighted by Gasteiger charge is 2.53. The van der Waals surface area contributed by atoms with Gasteiger partial charge in [-0.05, 0) is 68.6 Å². The van der Waals surface area contributed by atoms with Crippen molar-refractivity contribution < 1.29 is 4.79 Å². The van der Waals surface area contributed by atoms with Crippen LogP contribution in [0.3, 0.4) is 0 Å². The van der Waals surface area contributed by atoms with E-state index in [1.165, 1.54) is 70.6 Å². The van der Waals surface area contributed by atoms with Gasteiger partial charge in [0.2, 0.25) is 0 Å². The molecule has 4 bridgehead atoms. The molecule has 0 saturated heterocycles. The number of ketones is 1. The molecule has 5 rings (SSSR count). The molecule has 0 aromatic heterocycles. The summed E-state index contributed by atoms with van der Waals surface area (Å²) in [5, 5.41) is 0. The van der Waals surface area contributed by atoms with Crippen LogP contribution in [-0.4, -0.2) is 5.78 Å². The lowest BCUT2D eigenvalue weighted by Gasteiger charge is -2.56. The second-order valence-electron chi connectivity index (χ2n) is 8.31. The first-order valence-electron chi connectivity index (χ1n) is 8.77. The van der Waals surface area contributed by atoms with Crippen LogP contribution in [0, 0.1) is 29.1 Å². The molecule has 0 aromatic carbocycles. The summed E-state index contributed by atoms with van der Waals surface area (Å²) in [5.41, 5.74) is 0.174. The largest absolute Gasteiger partial charge is 0.299 e. The van der Waals surface area contributed by atoms with E-state index in [1.807, 2.05) is 0 Å². The molecule has 0 spiro atoms. The standard InChI is InChI=1S/C18H28O/c19-17(6-5-13-3-1-2-4-13)18-10-14-7-15(11-18)9-16(8-14)12-18/h13-16H,1-12H2. The fourth-order valence-corrected chi connectivity index (χ4v) is 6.35. The van der Waals surface area contributed by atoms with Crippen LogP contribution in [0.5, 0.6) is 0 Å². The summed E-state index contributed by atoms with van der Waals surface area (Å²) in [5.74, 6) is 4.32. The van der Waals surface area contributed by atoms with Crippen LogP contribution >= 0.6 is 0 Å². The Morgan fingerprint density at radius 1 is 0.895 bits per heavy atom. The van der Waals surface area contributed by atoms with Crippen LogP contribution in [0.25, 0.3) is 0 Å². The number of Topliss-reactive ketones (excluding diaryl/α,β-unsaturated/α-hetero) is 1. The number of rotatable bonds is 4. The normalized spacial score (nSPS) is 44.9. The topological polar surface area (TPSA) is 17.1 Å². The van der Waals surface area contributed by atoms with Crippen LogP contribution < -0.4 is 0 Å². The third-order valence-corrected chi connectivity index (χ3v) is 6.88. The van der Waals surface area contributed by atoms with E-state index in [0.29, 0.717) is 5.78 Å². The zero-order chi connectivity index (χ0) is 12.9. The van der Waals surface area contributed by atoms with Gasteiger partial charge in [-0.2, -0.15) is 0 Å². The van der Waals surface area contributed by atoms with E-state index in [1.54, 1.807) is 0 Å². The lowest BCUT2D eigenvalue weighted by atomic mass is 9.48. The molecule has 0 aliphatic heterocycles. The van der Waals surface area contributed by atoms with Gasteiger partial charge in [0, 0.05) is 11.8 Å². The second kappa shape index (κ2) is 4.60. The molecular formula is C18H28O. The molecule has 19 heavy (non-hydrogen) atoms. The van der Waals surface area contributed by atoms with Crippen LogP contribution in [-0.2, 0) is 4.79 Å². The fourth-order valence-electron chi connectivity index (χ4n) is 6.35. The van der Waals surface area contributed by atoms with Gasteiger partial charge in [-0.1, -0.05) is 25.7 Å². The van der Waals surface area contributed by atoms with Gasteiger partial charge < -0.3 is 0 Å². The molecule has 5 aliphatic rings. The zero-order valence-corrected chi connectivity index (χ0v) is 12.2. The SMILES string of the molecule is O=C(CCC1CCCC1)C12CC3CC(CC(C3)C1)C2. The first-order valence-corrected chi connectivity index (χ1v) is 8.77. The highest BCUT2D eigenvalue weighted by atomic mass is 16.1. The molecule has 0 radical (unpaired) electrons. The van der Waals surface area contributed by atoms with Gasteiger partial charge in [-0.3, -0.25) is 4.79 Å². The number of hydrogen-bond donors (Lipinski definition) is 0. The Morgan fingerprint density at radius 3 is 1.95 bits per heavy atom. The van der Waals surface area contributed by atoms with E-state index < -0.39 is 0 Å². The molecule has 0 N–H and O–H groups in total. The summed E-state index contributed by atoms with van der Waals surface area (Å²) < 4.78 is 0. The minimum atomic E-state index is 0.174. The van der Waals surface area contributed by atoms with Crippen molar-refractivity contribution in [3.05, 3.63) is 0 Å². The predicted molar refractivity (Wildman–Crippen MR) is 76.8 cm³/mol. The van der Waals surface area contributed by atoms with Gasteiger partial charge in [0.15, 0.2) is 0 Å². The number of hydrogen-bond acceptors (Lipinski definition) is 1. The smallest absolute Gasteiger partial charge is 0.139 e. The molecule has 5 saturated carbocycles. The summed E-state index contributed by atoms with van der Waals surface area (Å²) in [7, 11) is 0. The van der Waals surface area contributed by atoms with Gasteiger partial charge in [-0.15, -0.1) is 0 Å². The third-order valence-electron chi connectivity index (χ3n) is 6.88. The van der Waals surface area contributed by atoms with E-state index in [0.717, 1.165) is 30.1 Å². The fraction of sp³-hybridized carbons (Fsp3) is 0.944. The Bertz CT molecular complexity index is 329. The van der Waals surface area contributed by atoms with E-state index in [9.17, 15) is 4.79 Å². The highest BCUT2D eigenvalue weighted by Crippen LogP contribution is 2.60. The number of carbonyl (C=O) groups is 1. The Morgan fingerprint density at radius 2 is 1.42 bits per heavy atom. The molecule has 1 nitrogen and oxygen atoms in total. The molecule has 0 unspecified atom stereocenters. The molecule has 0 atom stereocenters. The molecule has 0 aromatic rings. The third kappa shape index (κ3) is 2.17. The molecule has 0 amide bonds. The maximum Gasteiger partial charge on any atom is 0.139 e. The van der Waals surface area contributed by atoms with Crippen LogP contribution in [0.2, 0.25) is 0 Å². The van der Waals surface area contributed by atoms with Crippen LogP contribution in [0.15, 0.2) is 0 Å².